The molecule has 0 bridgehead atoms. The fourth-order valence-electron chi connectivity index (χ4n) is 2.87. The first-order valence-corrected chi connectivity index (χ1v) is 12.1. The maximum absolute atomic E-state index is 11.7. The monoisotopic (exact) mass is 415 g/mol. The van der Waals surface area contributed by atoms with Crippen LogP contribution in [0.15, 0.2) is 6.20 Å². The third-order valence-electron chi connectivity index (χ3n) is 4.06. The summed E-state index contributed by atoms with van der Waals surface area (Å²) in [6.07, 6.45) is 12.4. The van der Waals surface area contributed by atoms with Gasteiger partial charge in [0.15, 0.2) is 0 Å². The van der Waals surface area contributed by atoms with Gasteiger partial charge in [0.25, 0.3) is 0 Å². The smallest absolute Gasteiger partial charge is 0.248 e. The molecular formula is C20H38N3O4P. The maximum atomic E-state index is 11.7. The lowest BCUT2D eigenvalue weighted by Gasteiger charge is -2.20. The van der Waals surface area contributed by atoms with Crippen molar-refractivity contribution in [2.45, 2.75) is 91.7 Å². The van der Waals surface area contributed by atoms with Gasteiger partial charge in [-0.1, -0.05) is 25.5 Å². The van der Waals surface area contributed by atoms with Crippen molar-refractivity contribution in [2.75, 3.05) is 6.61 Å². The molecule has 0 saturated carbocycles. The SMILES string of the molecule is C=P(O)(OCCCCc1cn(CCCCCC(=O)CC(C)C)nn1)OC(C)C. The van der Waals surface area contributed by atoms with Crippen molar-refractivity contribution in [2.24, 2.45) is 5.92 Å². The quantitative estimate of drug-likeness (QED) is 0.318. The standard InChI is InChI=1S/C20H38N3O4P/c1-17(2)15-20(24)12-7-6-9-13-23-16-19(21-22-23)11-8-10-14-26-28(5,25)27-18(3)4/h16-18,25H,5-15H2,1-4H3. The van der Waals surface area contributed by atoms with Crippen LogP contribution in [0.3, 0.4) is 0 Å². The Hall–Kier alpha value is -1.01. The van der Waals surface area contributed by atoms with Crippen LogP contribution in [0.1, 0.15) is 78.3 Å². The summed E-state index contributed by atoms with van der Waals surface area (Å²) in [6.45, 7) is 9.10. The molecule has 0 saturated heterocycles. The normalized spacial score (nSPS) is 14.0. The van der Waals surface area contributed by atoms with Gasteiger partial charge in [-0.05, 0) is 58.2 Å². The first-order valence-electron chi connectivity index (χ1n) is 10.4. The van der Waals surface area contributed by atoms with Gasteiger partial charge in [0.2, 0.25) is 7.57 Å². The zero-order valence-electron chi connectivity index (χ0n) is 18.0. The van der Waals surface area contributed by atoms with E-state index in [0.717, 1.165) is 50.8 Å². The van der Waals surface area contributed by atoms with Crippen LogP contribution in [-0.4, -0.2) is 44.7 Å². The minimum Gasteiger partial charge on any atom is -0.333 e. The van der Waals surface area contributed by atoms with E-state index in [1.807, 2.05) is 24.7 Å². The summed E-state index contributed by atoms with van der Waals surface area (Å²) in [4.78, 5) is 21.6. The van der Waals surface area contributed by atoms with E-state index < -0.39 is 7.57 Å². The number of carbonyl (C=O) groups excluding carboxylic acids is 1. The zero-order chi connectivity index (χ0) is 21.0. The Morgan fingerprint density at radius 1 is 1.21 bits per heavy atom. The van der Waals surface area contributed by atoms with Crippen LogP contribution < -0.4 is 0 Å². The van der Waals surface area contributed by atoms with Crippen molar-refractivity contribution < 1.29 is 18.7 Å². The van der Waals surface area contributed by atoms with E-state index in [0.29, 0.717) is 31.1 Å². The molecule has 28 heavy (non-hydrogen) atoms. The average molecular weight is 416 g/mol. The Morgan fingerprint density at radius 2 is 1.96 bits per heavy atom. The van der Waals surface area contributed by atoms with Gasteiger partial charge in [-0.15, -0.1) is 5.10 Å². The fraction of sp³-hybridized carbons (Fsp3) is 0.800. The summed E-state index contributed by atoms with van der Waals surface area (Å²) in [5.74, 6) is 0.824. The minimum atomic E-state index is -2.94. The lowest BCUT2D eigenvalue weighted by molar-refractivity contribution is -0.119. The Bertz CT molecular complexity index is 616. The second-order valence-electron chi connectivity index (χ2n) is 8.00. The van der Waals surface area contributed by atoms with E-state index in [2.05, 4.69) is 30.5 Å². The number of rotatable bonds is 16. The fourth-order valence-corrected chi connectivity index (χ4v) is 4.00. The minimum absolute atomic E-state index is 0.105. The second-order valence-corrected chi connectivity index (χ2v) is 9.75. The van der Waals surface area contributed by atoms with Crippen molar-refractivity contribution in [1.82, 2.24) is 15.0 Å². The van der Waals surface area contributed by atoms with Crippen LogP contribution in [0, 0.1) is 5.92 Å². The van der Waals surface area contributed by atoms with Crippen LogP contribution in [0.2, 0.25) is 0 Å². The predicted molar refractivity (Wildman–Crippen MR) is 114 cm³/mol. The van der Waals surface area contributed by atoms with E-state index in [-0.39, 0.29) is 6.10 Å². The number of carbonyl (C=O) groups is 1. The Morgan fingerprint density at radius 3 is 2.64 bits per heavy atom. The number of nitrogens with zero attached hydrogens (tertiary/aromatic N) is 3. The molecule has 162 valence electrons. The highest BCUT2D eigenvalue weighted by Crippen LogP contribution is 2.43. The second kappa shape index (κ2) is 13.3. The number of Topliss-reactive ketones (excluding diaryl/α,β-unsaturated/α-hetero) is 1. The number of unbranched alkanes of at least 4 members (excludes halogenated alkanes) is 3. The lowest BCUT2D eigenvalue weighted by atomic mass is 10.0. The molecule has 1 unspecified atom stereocenters. The summed E-state index contributed by atoms with van der Waals surface area (Å²) in [7, 11) is -2.94. The van der Waals surface area contributed by atoms with Gasteiger partial charge in [-0.25, -0.2) is 0 Å². The van der Waals surface area contributed by atoms with Gasteiger partial charge < -0.3 is 13.9 Å². The molecule has 1 aromatic heterocycles. The third kappa shape index (κ3) is 12.4. The molecule has 0 amide bonds. The number of hydrogen-bond acceptors (Lipinski definition) is 6. The molecule has 8 heteroatoms. The Kier molecular flexibility index (Phi) is 11.8. The van der Waals surface area contributed by atoms with Crippen molar-refractivity contribution in [3.63, 3.8) is 0 Å². The van der Waals surface area contributed by atoms with Crippen molar-refractivity contribution in [1.29, 1.82) is 0 Å². The van der Waals surface area contributed by atoms with E-state index in [9.17, 15) is 9.69 Å². The van der Waals surface area contributed by atoms with E-state index in [4.69, 9.17) is 9.05 Å². The molecule has 1 aromatic rings. The number of ketones is 1. The molecule has 1 N–H and O–H groups in total. The van der Waals surface area contributed by atoms with E-state index >= 15 is 0 Å². The largest absolute Gasteiger partial charge is 0.333 e. The summed E-state index contributed by atoms with van der Waals surface area (Å²) in [6, 6.07) is 0. The molecule has 1 rings (SSSR count). The first-order chi connectivity index (χ1) is 13.2. The van der Waals surface area contributed by atoms with Crippen molar-refractivity contribution >= 4 is 19.6 Å². The van der Waals surface area contributed by atoms with Gasteiger partial charge in [0.05, 0.1) is 18.4 Å². The topological polar surface area (TPSA) is 86.5 Å². The van der Waals surface area contributed by atoms with Crippen molar-refractivity contribution in [3.8, 4) is 0 Å². The molecule has 0 radical (unpaired) electrons. The molecule has 0 fully saturated rings. The van der Waals surface area contributed by atoms with E-state index in [1.54, 1.807) is 0 Å². The number of aryl methyl sites for hydroxylation is 2. The van der Waals surface area contributed by atoms with Crippen LogP contribution in [0.25, 0.3) is 0 Å². The summed E-state index contributed by atoms with van der Waals surface area (Å²) >= 11 is 0. The molecule has 7 nitrogen and oxygen atoms in total. The Labute approximate surface area is 170 Å². The van der Waals surface area contributed by atoms with Crippen LogP contribution >= 0.6 is 7.57 Å². The lowest BCUT2D eigenvalue weighted by Crippen LogP contribution is -2.04. The average Bonchev–Trinajstić information content (AvgIpc) is 3.00. The highest BCUT2D eigenvalue weighted by Gasteiger charge is 2.13. The zero-order valence-corrected chi connectivity index (χ0v) is 18.9. The molecule has 0 aliphatic heterocycles. The number of aromatic nitrogens is 3. The summed E-state index contributed by atoms with van der Waals surface area (Å²) in [5, 5.41) is 8.36. The molecule has 1 atom stereocenters. The molecule has 0 aliphatic rings. The van der Waals surface area contributed by atoms with E-state index in [1.165, 1.54) is 0 Å². The van der Waals surface area contributed by atoms with Crippen LogP contribution in [0.5, 0.6) is 0 Å². The summed E-state index contributed by atoms with van der Waals surface area (Å²) in [5.41, 5.74) is 0.963. The number of hydrogen-bond donors (Lipinski definition) is 1. The summed E-state index contributed by atoms with van der Waals surface area (Å²) < 4.78 is 12.5. The predicted octanol–water partition coefficient (Wildman–Crippen LogP) is 4.40. The Balaban J connectivity index is 2.11. The highest BCUT2D eigenvalue weighted by molar-refractivity contribution is 7.58. The molecular weight excluding hydrogens is 377 g/mol. The molecule has 0 aliphatic carbocycles. The van der Waals surface area contributed by atoms with Gasteiger partial charge in [0, 0.05) is 25.6 Å². The van der Waals surface area contributed by atoms with Crippen LogP contribution in [-0.2, 0) is 26.8 Å². The highest BCUT2D eigenvalue weighted by atomic mass is 31.2. The molecule has 0 spiro atoms. The molecule has 1 heterocycles. The van der Waals surface area contributed by atoms with Gasteiger partial charge in [0.1, 0.15) is 5.78 Å². The van der Waals surface area contributed by atoms with Crippen LogP contribution in [0.4, 0.5) is 0 Å². The maximum Gasteiger partial charge on any atom is 0.248 e. The van der Waals surface area contributed by atoms with Gasteiger partial charge in [-0.2, -0.15) is 0 Å². The van der Waals surface area contributed by atoms with Gasteiger partial charge >= 0.3 is 0 Å². The first kappa shape index (κ1) is 25.0. The molecule has 0 aromatic carbocycles. The van der Waals surface area contributed by atoms with Crippen molar-refractivity contribution in [3.05, 3.63) is 11.9 Å². The third-order valence-corrected chi connectivity index (χ3v) is 5.40. The van der Waals surface area contributed by atoms with Gasteiger partial charge in [-0.3, -0.25) is 9.48 Å².